The van der Waals surface area contributed by atoms with Crippen molar-refractivity contribution in [2.45, 2.75) is 25.9 Å². The first-order valence-corrected chi connectivity index (χ1v) is 6.44. The van der Waals surface area contributed by atoms with Gasteiger partial charge in [0.1, 0.15) is 11.0 Å². The average molecular weight is 260 g/mol. The summed E-state index contributed by atoms with van der Waals surface area (Å²) in [7, 11) is 0. The standard InChI is InChI=1S/C13H16N4O2/c1-9-7-14-13(18)4-5-17(9)8-10-2-3-11-12(6-10)16-19-15-11/h2-3,6,9H,4-5,7-8H2,1H3,(H,14,18)/t9-/m0/s1. The van der Waals surface area contributed by atoms with Gasteiger partial charge in [0, 0.05) is 32.1 Å². The molecule has 1 saturated heterocycles. The highest BCUT2D eigenvalue weighted by Gasteiger charge is 2.20. The average Bonchev–Trinajstić information content (AvgIpc) is 2.81. The van der Waals surface area contributed by atoms with Gasteiger partial charge in [0.25, 0.3) is 0 Å². The highest BCUT2D eigenvalue weighted by Crippen LogP contribution is 2.15. The maximum atomic E-state index is 11.4. The van der Waals surface area contributed by atoms with Crippen molar-refractivity contribution >= 4 is 16.9 Å². The predicted octanol–water partition coefficient (Wildman–Crippen LogP) is 0.933. The maximum Gasteiger partial charge on any atom is 0.221 e. The Morgan fingerprint density at radius 1 is 1.42 bits per heavy atom. The third kappa shape index (κ3) is 2.58. The molecule has 2 heterocycles. The van der Waals surface area contributed by atoms with E-state index in [0.29, 0.717) is 19.0 Å². The lowest BCUT2D eigenvalue weighted by molar-refractivity contribution is -0.120. The topological polar surface area (TPSA) is 71.3 Å². The Morgan fingerprint density at radius 2 is 2.26 bits per heavy atom. The second-order valence-corrected chi connectivity index (χ2v) is 4.96. The molecule has 0 aliphatic carbocycles. The fraction of sp³-hybridized carbons (Fsp3) is 0.462. The van der Waals surface area contributed by atoms with E-state index < -0.39 is 0 Å². The molecule has 1 atom stereocenters. The van der Waals surface area contributed by atoms with Gasteiger partial charge in [0.15, 0.2) is 0 Å². The summed E-state index contributed by atoms with van der Waals surface area (Å²) in [6.07, 6.45) is 0.554. The van der Waals surface area contributed by atoms with Crippen molar-refractivity contribution in [3.8, 4) is 0 Å². The van der Waals surface area contributed by atoms with Gasteiger partial charge in [0.05, 0.1) is 0 Å². The largest absolute Gasteiger partial charge is 0.355 e. The molecule has 1 aromatic carbocycles. The number of carbonyl (C=O) groups is 1. The van der Waals surface area contributed by atoms with Gasteiger partial charge >= 0.3 is 0 Å². The normalized spacial score (nSPS) is 21.3. The molecule has 2 aromatic rings. The highest BCUT2D eigenvalue weighted by atomic mass is 16.6. The maximum absolute atomic E-state index is 11.4. The zero-order valence-corrected chi connectivity index (χ0v) is 10.8. The zero-order chi connectivity index (χ0) is 13.2. The summed E-state index contributed by atoms with van der Waals surface area (Å²) >= 11 is 0. The number of amides is 1. The molecule has 1 amide bonds. The summed E-state index contributed by atoms with van der Waals surface area (Å²) in [6, 6.07) is 6.25. The molecule has 0 unspecified atom stereocenters. The first-order chi connectivity index (χ1) is 9.22. The van der Waals surface area contributed by atoms with Crippen LogP contribution in [0.1, 0.15) is 18.9 Å². The van der Waals surface area contributed by atoms with Crippen LogP contribution in [0.15, 0.2) is 22.8 Å². The molecular weight excluding hydrogens is 244 g/mol. The van der Waals surface area contributed by atoms with E-state index in [9.17, 15) is 4.79 Å². The van der Waals surface area contributed by atoms with E-state index in [1.165, 1.54) is 0 Å². The highest BCUT2D eigenvalue weighted by molar-refractivity contribution is 5.76. The first kappa shape index (κ1) is 12.1. The van der Waals surface area contributed by atoms with Crippen LogP contribution in [-0.2, 0) is 11.3 Å². The summed E-state index contributed by atoms with van der Waals surface area (Å²) in [5, 5.41) is 10.6. The number of nitrogens with zero attached hydrogens (tertiary/aromatic N) is 3. The van der Waals surface area contributed by atoms with E-state index in [1.807, 2.05) is 18.2 Å². The van der Waals surface area contributed by atoms with Crippen LogP contribution < -0.4 is 5.32 Å². The molecule has 19 heavy (non-hydrogen) atoms. The fourth-order valence-electron chi connectivity index (χ4n) is 2.34. The van der Waals surface area contributed by atoms with Crippen LogP contribution in [0.25, 0.3) is 11.0 Å². The predicted molar refractivity (Wildman–Crippen MR) is 69.3 cm³/mol. The minimum atomic E-state index is 0.130. The van der Waals surface area contributed by atoms with Crippen molar-refractivity contribution in [3.63, 3.8) is 0 Å². The van der Waals surface area contributed by atoms with E-state index in [-0.39, 0.29) is 5.91 Å². The molecular formula is C13H16N4O2. The van der Waals surface area contributed by atoms with Gasteiger partial charge in [-0.15, -0.1) is 0 Å². The summed E-state index contributed by atoms with van der Waals surface area (Å²) in [6.45, 7) is 4.41. The molecule has 1 aliphatic heterocycles. The number of rotatable bonds is 2. The van der Waals surface area contributed by atoms with Crippen LogP contribution >= 0.6 is 0 Å². The lowest BCUT2D eigenvalue weighted by Crippen LogP contribution is -2.37. The third-order valence-corrected chi connectivity index (χ3v) is 3.55. The Hall–Kier alpha value is -1.95. The summed E-state index contributed by atoms with van der Waals surface area (Å²) in [5.41, 5.74) is 2.70. The summed E-state index contributed by atoms with van der Waals surface area (Å²) < 4.78 is 4.70. The van der Waals surface area contributed by atoms with Gasteiger partial charge < -0.3 is 5.32 Å². The Kier molecular flexibility index (Phi) is 3.16. The molecule has 0 bridgehead atoms. The Morgan fingerprint density at radius 3 is 3.16 bits per heavy atom. The van der Waals surface area contributed by atoms with E-state index in [2.05, 4.69) is 27.5 Å². The van der Waals surface area contributed by atoms with Crippen LogP contribution in [0, 0.1) is 0 Å². The molecule has 1 aliphatic rings. The molecule has 1 N–H and O–H groups in total. The number of hydrogen-bond acceptors (Lipinski definition) is 5. The molecule has 3 rings (SSSR count). The van der Waals surface area contributed by atoms with Crippen LogP contribution in [0.2, 0.25) is 0 Å². The second-order valence-electron chi connectivity index (χ2n) is 4.96. The number of carbonyl (C=O) groups excluding carboxylic acids is 1. The molecule has 1 fully saturated rings. The van der Waals surface area contributed by atoms with E-state index in [1.54, 1.807) is 0 Å². The molecule has 100 valence electrons. The first-order valence-electron chi connectivity index (χ1n) is 6.44. The van der Waals surface area contributed by atoms with Crippen molar-refractivity contribution in [2.75, 3.05) is 13.1 Å². The van der Waals surface area contributed by atoms with Gasteiger partial charge in [0.2, 0.25) is 5.91 Å². The van der Waals surface area contributed by atoms with Crippen LogP contribution in [0.5, 0.6) is 0 Å². The quantitative estimate of drug-likeness (QED) is 0.870. The van der Waals surface area contributed by atoms with E-state index in [0.717, 1.165) is 29.7 Å². The summed E-state index contributed by atoms with van der Waals surface area (Å²) in [5.74, 6) is 0.130. The number of hydrogen-bond donors (Lipinski definition) is 1. The van der Waals surface area contributed by atoms with Gasteiger partial charge in [-0.25, -0.2) is 4.63 Å². The van der Waals surface area contributed by atoms with E-state index >= 15 is 0 Å². The van der Waals surface area contributed by atoms with Gasteiger partial charge in [-0.2, -0.15) is 0 Å². The van der Waals surface area contributed by atoms with Crippen molar-refractivity contribution in [3.05, 3.63) is 23.8 Å². The Labute approximate surface area is 110 Å². The third-order valence-electron chi connectivity index (χ3n) is 3.55. The SMILES string of the molecule is C[C@H]1CNC(=O)CCN1Cc1ccc2nonc2c1. The summed E-state index contributed by atoms with van der Waals surface area (Å²) in [4.78, 5) is 13.7. The molecule has 1 aromatic heterocycles. The van der Waals surface area contributed by atoms with Crippen molar-refractivity contribution < 1.29 is 9.42 Å². The van der Waals surface area contributed by atoms with Crippen molar-refractivity contribution in [1.82, 2.24) is 20.5 Å². The molecule has 0 spiro atoms. The van der Waals surface area contributed by atoms with Gasteiger partial charge in [-0.3, -0.25) is 9.69 Å². The van der Waals surface area contributed by atoms with Gasteiger partial charge in [-0.05, 0) is 34.9 Å². The lowest BCUT2D eigenvalue weighted by atomic mass is 10.1. The Balaban J connectivity index is 1.77. The monoisotopic (exact) mass is 260 g/mol. The molecule has 0 radical (unpaired) electrons. The van der Waals surface area contributed by atoms with Gasteiger partial charge in [-0.1, -0.05) is 6.07 Å². The smallest absolute Gasteiger partial charge is 0.221 e. The number of aromatic nitrogens is 2. The van der Waals surface area contributed by atoms with Crippen molar-refractivity contribution in [2.24, 2.45) is 0 Å². The minimum absolute atomic E-state index is 0.130. The van der Waals surface area contributed by atoms with Crippen LogP contribution in [0.3, 0.4) is 0 Å². The number of nitrogens with one attached hydrogen (secondary N) is 1. The van der Waals surface area contributed by atoms with Crippen molar-refractivity contribution in [1.29, 1.82) is 0 Å². The second kappa shape index (κ2) is 4.97. The number of fused-ring (bicyclic) bond motifs is 1. The lowest BCUT2D eigenvalue weighted by Gasteiger charge is -2.26. The van der Waals surface area contributed by atoms with Crippen LogP contribution in [-0.4, -0.2) is 40.3 Å². The van der Waals surface area contributed by atoms with Crippen LogP contribution in [0.4, 0.5) is 0 Å². The number of benzene rings is 1. The molecule has 6 heteroatoms. The minimum Gasteiger partial charge on any atom is -0.355 e. The molecule has 6 nitrogen and oxygen atoms in total. The zero-order valence-electron chi connectivity index (χ0n) is 10.8. The van der Waals surface area contributed by atoms with E-state index in [4.69, 9.17) is 4.63 Å². The Bertz CT molecular complexity index is 595. The fourth-order valence-corrected chi connectivity index (χ4v) is 2.34. The molecule has 0 saturated carbocycles.